The Bertz CT molecular complexity index is 717. The van der Waals surface area contributed by atoms with Crippen molar-refractivity contribution in [1.29, 1.82) is 0 Å². The van der Waals surface area contributed by atoms with Gasteiger partial charge < -0.3 is 10.6 Å². The second-order valence-corrected chi connectivity index (χ2v) is 7.27. The van der Waals surface area contributed by atoms with Crippen molar-refractivity contribution in [1.82, 2.24) is 15.4 Å². The third-order valence-corrected chi connectivity index (χ3v) is 5.17. The van der Waals surface area contributed by atoms with E-state index in [0.717, 1.165) is 12.8 Å². The predicted molar refractivity (Wildman–Crippen MR) is 85.8 cm³/mol. The fraction of sp³-hybridized carbons (Fsp3) is 0.429. The molecular formula is C14H18ClN3O4S. The summed E-state index contributed by atoms with van der Waals surface area (Å²) in [6, 6.07) is 3.90. The van der Waals surface area contributed by atoms with Gasteiger partial charge in [0.15, 0.2) is 0 Å². The van der Waals surface area contributed by atoms with Crippen molar-refractivity contribution >= 4 is 33.4 Å². The van der Waals surface area contributed by atoms with Crippen molar-refractivity contribution in [3.63, 3.8) is 0 Å². The maximum atomic E-state index is 12.2. The first kappa shape index (κ1) is 17.7. The van der Waals surface area contributed by atoms with Crippen LogP contribution in [-0.2, 0) is 14.8 Å². The van der Waals surface area contributed by atoms with Gasteiger partial charge in [0.1, 0.15) is 4.90 Å². The van der Waals surface area contributed by atoms with E-state index in [0.29, 0.717) is 6.54 Å². The lowest BCUT2D eigenvalue weighted by atomic mass is 10.2. The third-order valence-electron chi connectivity index (χ3n) is 3.17. The molecule has 0 spiro atoms. The summed E-state index contributed by atoms with van der Waals surface area (Å²) in [6.07, 6.45) is 1.59. The van der Waals surface area contributed by atoms with E-state index in [2.05, 4.69) is 15.4 Å². The molecule has 23 heavy (non-hydrogen) atoms. The van der Waals surface area contributed by atoms with Gasteiger partial charge in [-0.05, 0) is 38.0 Å². The quantitative estimate of drug-likeness (QED) is 0.664. The zero-order valence-corrected chi connectivity index (χ0v) is 14.1. The molecule has 1 fully saturated rings. The average molecular weight is 360 g/mol. The summed E-state index contributed by atoms with van der Waals surface area (Å²) in [5.41, 5.74) is 0.120. The summed E-state index contributed by atoms with van der Waals surface area (Å²) in [4.78, 5) is 23.2. The Labute approximate surface area is 139 Å². The van der Waals surface area contributed by atoms with Gasteiger partial charge in [-0.15, -0.1) is 0 Å². The molecule has 2 amide bonds. The molecule has 7 nitrogen and oxygen atoms in total. The van der Waals surface area contributed by atoms with Gasteiger partial charge >= 0.3 is 0 Å². The van der Waals surface area contributed by atoms with Crippen LogP contribution in [0.3, 0.4) is 0 Å². The third kappa shape index (κ3) is 4.92. The standard InChI is InChI=1S/C14H18ClN3O4S/c1-2-16-13(19)8-17-14(20)9-3-6-11(15)12(7-9)23(21,22)18-10-4-5-10/h3,6-7,10,18H,2,4-5,8H2,1H3,(H,16,19)(H,17,20). The van der Waals surface area contributed by atoms with Gasteiger partial charge in [-0.25, -0.2) is 13.1 Å². The van der Waals surface area contributed by atoms with Crippen molar-refractivity contribution < 1.29 is 18.0 Å². The van der Waals surface area contributed by atoms with Gasteiger partial charge in [-0.1, -0.05) is 11.6 Å². The van der Waals surface area contributed by atoms with Gasteiger partial charge in [0.2, 0.25) is 15.9 Å². The number of sulfonamides is 1. The Morgan fingerprint density at radius 3 is 2.57 bits per heavy atom. The molecule has 126 valence electrons. The Morgan fingerprint density at radius 2 is 1.96 bits per heavy atom. The molecule has 9 heteroatoms. The molecule has 0 atom stereocenters. The largest absolute Gasteiger partial charge is 0.355 e. The number of amides is 2. The van der Waals surface area contributed by atoms with Crippen LogP contribution in [0.15, 0.2) is 23.1 Å². The number of rotatable bonds is 7. The first-order valence-corrected chi connectivity index (χ1v) is 9.06. The van der Waals surface area contributed by atoms with Gasteiger partial charge in [0.25, 0.3) is 5.91 Å². The summed E-state index contributed by atoms with van der Waals surface area (Å²) in [5, 5.41) is 5.01. The molecule has 2 rings (SSSR count). The number of carbonyl (C=O) groups excluding carboxylic acids is 2. The monoisotopic (exact) mass is 359 g/mol. The second-order valence-electron chi connectivity index (χ2n) is 5.18. The lowest BCUT2D eigenvalue weighted by Crippen LogP contribution is -2.36. The number of halogens is 1. The molecule has 1 aromatic rings. The Hall–Kier alpha value is -1.64. The maximum Gasteiger partial charge on any atom is 0.251 e. The van der Waals surface area contributed by atoms with Crippen LogP contribution in [0.1, 0.15) is 30.1 Å². The Kier molecular flexibility index (Phi) is 5.61. The van der Waals surface area contributed by atoms with Crippen LogP contribution in [0.5, 0.6) is 0 Å². The van der Waals surface area contributed by atoms with Crippen molar-refractivity contribution in [2.45, 2.75) is 30.7 Å². The lowest BCUT2D eigenvalue weighted by molar-refractivity contribution is -0.120. The summed E-state index contributed by atoms with van der Waals surface area (Å²) < 4.78 is 27.0. The topological polar surface area (TPSA) is 104 Å². The number of likely N-dealkylation sites (N-methyl/N-ethyl adjacent to an activating group) is 1. The van der Waals surface area contributed by atoms with E-state index in [-0.39, 0.29) is 34.0 Å². The maximum absolute atomic E-state index is 12.2. The highest BCUT2D eigenvalue weighted by Gasteiger charge is 2.29. The van der Waals surface area contributed by atoms with Crippen LogP contribution in [0, 0.1) is 0 Å². The van der Waals surface area contributed by atoms with Crippen LogP contribution < -0.4 is 15.4 Å². The van der Waals surface area contributed by atoms with Crippen molar-refractivity contribution in [3.8, 4) is 0 Å². The van der Waals surface area contributed by atoms with Gasteiger partial charge in [-0.2, -0.15) is 0 Å². The molecule has 0 radical (unpaired) electrons. The molecule has 3 N–H and O–H groups in total. The molecule has 0 aliphatic heterocycles. The molecule has 0 unspecified atom stereocenters. The smallest absolute Gasteiger partial charge is 0.251 e. The van der Waals surface area contributed by atoms with Crippen LogP contribution in [0.4, 0.5) is 0 Å². The molecule has 0 saturated heterocycles. The highest BCUT2D eigenvalue weighted by atomic mass is 35.5. The molecule has 0 bridgehead atoms. The van der Waals surface area contributed by atoms with E-state index in [9.17, 15) is 18.0 Å². The fourth-order valence-electron chi connectivity index (χ4n) is 1.86. The predicted octanol–water partition coefficient (Wildman–Crippen LogP) is 0.647. The highest BCUT2D eigenvalue weighted by Crippen LogP contribution is 2.26. The molecule has 1 aliphatic rings. The van der Waals surface area contributed by atoms with E-state index < -0.39 is 15.9 Å². The molecular weight excluding hydrogens is 342 g/mol. The zero-order valence-electron chi connectivity index (χ0n) is 12.6. The number of benzene rings is 1. The number of nitrogens with one attached hydrogen (secondary N) is 3. The van der Waals surface area contributed by atoms with Crippen LogP contribution >= 0.6 is 11.6 Å². The normalized spacial score (nSPS) is 14.3. The minimum Gasteiger partial charge on any atom is -0.355 e. The van der Waals surface area contributed by atoms with E-state index in [4.69, 9.17) is 11.6 Å². The highest BCUT2D eigenvalue weighted by molar-refractivity contribution is 7.89. The second kappa shape index (κ2) is 7.29. The van der Waals surface area contributed by atoms with Gasteiger partial charge in [-0.3, -0.25) is 9.59 Å². The van der Waals surface area contributed by atoms with E-state index >= 15 is 0 Å². The molecule has 0 aromatic heterocycles. The van der Waals surface area contributed by atoms with Crippen molar-refractivity contribution in [2.75, 3.05) is 13.1 Å². The number of hydrogen-bond donors (Lipinski definition) is 3. The number of carbonyl (C=O) groups is 2. The number of hydrogen-bond acceptors (Lipinski definition) is 4. The molecule has 0 heterocycles. The first-order valence-electron chi connectivity index (χ1n) is 7.20. The Balaban J connectivity index is 2.12. The first-order chi connectivity index (χ1) is 10.8. The van der Waals surface area contributed by atoms with Gasteiger partial charge in [0, 0.05) is 18.2 Å². The summed E-state index contributed by atoms with van der Waals surface area (Å²) in [7, 11) is -3.76. The lowest BCUT2D eigenvalue weighted by Gasteiger charge is -2.10. The SMILES string of the molecule is CCNC(=O)CNC(=O)c1ccc(Cl)c(S(=O)(=O)NC2CC2)c1. The fourth-order valence-corrected chi connectivity index (χ4v) is 3.69. The average Bonchev–Trinajstić information content (AvgIpc) is 3.28. The van der Waals surface area contributed by atoms with Crippen molar-refractivity contribution in [2.24, 2.45) is 0 Å². The van der Waals surface area contributed by atoms with Crippen molar-refractivity contribution in [3.05, 3.63) is 28.8 Å². The van der Waals surface area contributed by atoms with Crippen LogP contribution in [0.2, 0.25) is 5.02 Å². The van der Waals surface area contributed by atoms with E-state index in [1.165, 1.54) is 18.2 Å². The minimum atomic E-state index is -3.76. The molecule has 1 aromatic carbocycles. The molecule has 1 aliphatic carbocycles. The minimum absolute atomic E-state index is 0.0402. The summed E-state index contributed by atoms with van der Waals surface area (Å²) in [5.74, 6) is -0.867. The Morgan fingerprint density at radius 1 is 1.26 bits per heavy atom. The summed E-state index contributed by atoms with van der Waals surface area (Å²) >= 11 is 5.94. The van der Waals surface area contributed by atoms with Crippen LogP contribution in [-0.4, -0.2) is 39.4 Å². The van der Waals surface area contributed by atoms with Crippen LogP contribution in [0.25, 0.3) is 0 Å². The summed E-state index contributed by atoms with van der Waals surface area (Å²) in [6.45, 7) is 2.05. The van der Waals surface area contributed by atoms with Gasteiger partial charge in [0.05, 0.1) is 11.6 Å². The zero-order chi connectivity index (χ0) is 17.0. The van der Waals surface area contributed by atoms with E-state index in [1.54, 1.807) is 6.92 Å². The molecule has 1 saturated carbocycles. The van der Waals surface area contributed by atoms with E-state index in [1.807, 2.05) is 0 Å².